The molecule has 4 fully saturated rings. The summed E-state index contributed by atoms with van der Waals surface area (Å²) in [6.07, 6.45) is 7.99. The molecule has 2 atom stereocenters. The topological polar surface area (TPSA) is 0 Å². The van der Waals surface area contributed by atoms with Gasteiger partial charge in [0.05, 0.1) is 0 Å². The van der Waals surface area contributed by atoms with E-state index >= 15 is 0 Å². The molecule has 0 amide bonds. The number of rotatable bonds is 9. The van der Waals surface area contributed by atoms with Crippen LogP contribution in [-0.4, -0.2) is 14.8 Å². The van der Waals surface area contributed by atoms with E-state index in [1.807, 2.05) is 0 Å². The Morgan fingerprint density at radius 1 is 0.389 bits per heavy atom. The normalized spacial score (nSPS) is 21.1. The third-order valence-corrected chi connectivity index (χ3v) is 23.3. The molecule has 0 nitrogen and oxygen atoms in total. The lowest BCUT2D eigenvalue weighted by Gasteiger charge is -2.63. The molecule has 9 aromatic carbocycles. The molecule has 0 radical (unpaired) electrons. The first-order chi connectivity index (χ1) is 35.0. The average molecular weight is 945 g/mol. The molecular weight excluding hydrogens is 880 g/mol. The summed E-state index contributed by atoms with van der Waals surface area (Å²) < 4.78 is 0. The van der Waals surface area contributed by atoms with Crippen molar-refractivity contribution in [1.29, 1.82) is 0 Å². The SMILES string of the molecule is Cc1cc(C)c(B(c2cccc(-c3cccc(-c4ccc(C56CC7CC(C5)CC(c5ccc([Si]8(c9ccccc9)c9ccccc9-c9ccccc98)cc5)(C7)C6)cc4)c3)c2)c2c(C)cc(C)cc2C)c(C)c1. The number of aryl methyl sites for hydroxylation is 6. The molecule has 4 saturated carbocycles. The first kappa shape index (κ1) is 45.1. The molecular formula is C70H65BSi. The first-order valence-corrected chi connectivity index (χ1v) is 28.8. The van der Waals surface area contributed by atoms with Crippen molar-refractivity contribution < 1.29 is 0 Å². The predicted molar refractivity (Wildman–Crippen MR) is 310 cm³/mol. The number of hydrogen-bond donors (Lipinski definition) is 0. The molecule has 352 valence electrons. The molecule has 4 bridgehead atoms. The van der Waals surface area contributed by atoms with Crippen molar-refractivity contribution in [1.82, 2.24) is 0 Å². The minimum absolute atomic E-state index is 0.145. The van der Waals surface area contributed by atoms with E-state index in [0.717, 1.165) is 11.8 Å². The zero-order valence-electron chi connectivity index (χ0n) is 43.0. The summed E-state index contributed by atoms with van der Waals surface area (Å²) in [4.78, 5) is 0. The van der Waals surface area contributed by atoms with Crippen molar-refractivity contribution in [3.8, 4) is 33.4 Å². The Balaban J connectivity index is 0.813. The van der Waals surface area contributed by atoms with E-state index in [1.54, 1.807) is 11.1 Å². The zero-order valence-corrected chi connectivity index (χ0v) is 44.0. The molecule has 14 rings (SSSR count). The van der Waals surface area contributed by atoms with Crippen LogP contribution in [0.15, 0.2) is 200 Å². The van der Waals surface area contributed by atoms with Crippen LogP contribution in [-0.2, 0) is 10.8 Å². The molecule has 0 saturated heterocycles. The number of benzene rings is 9. The summed E-state index contributed by atoms with van der Waals surface area (Å²) in [7, 11) is -2.51. The minimum atomic E-state index is -2.51. The fourth-order valence-corrected chi connectivity index (χ4v) is 21.4. The molecule has 9 aromatic rings. The van der Waals surface area contributed by atoms with Gasteiger partial charge in [-0.1, -0.05) is 244 Å². The average Bonchev–Trinajstić information content (AvgIpc) is 3.69. The fraction of sp³-hybridized carbons (Fsp3) is 0.229. The zero-order chi connectivity index (χ0) is 48.9. The van der Waals surface area contributed by atoms with Gasteiger partial charge in [-0.2, -0.15) is 0 Å². The highest BCUT2D eigenvalue weighted by Crippen LogP contribution is 2.66. The monoisotopic (exact) mass is 944 g/mol. The summed E-state index contributed by atoms with van der Waals surface area (Å²) in [5.74, 6) is 1.57. The van der Waals surface area contributed by atoms with Gasteiger partial charge < -0.3 is 0 Å². The quantitative estimate of drug-likeness (QED) is 0.127. The second-order valence-electron chi connectivity index (χ2n) is 23.1. The van der Waals surface area contributed by atoms with Crippen LogP contribution in [0.4, 0.5) is 0 Å². The molecule has 1 heterocycles. The largest absolute Gasteiger partial charge is 0.242 e. The van der Waals surface area contributed by atoms with Gasteiger partial charge in [0, 0.05) is 0 Å². The maximum Gasteiger partial charge on any atom is 0.242 e. The second kappa shape index (κ2) is 17.2. The van der Waals surface area contributed by atoms with E-state index in [-0.39, 0.29) is 17.5 Å². The van der Waals surface area contributed by atoms with Gasteiger partial charge >= 0.3 is 0 Å². The fourth-order valence-electron chi connectivity index (χ4n) is 16.3. The Morgan fingerprint density at radius 3 is 1.35 bits per heavy atom. The van der Waals surface area contributed by atoms with Crippen molar-refractivity contribution in [3.63, 3.8) is 0 Å². The van der Waals surface area contributed by atoms with Gasteiger partial charge in [0.25, 0.3) is 0 Å². The molecule has 2 heteroatoms. The highest BCUT2D eigenvalue weighted by Gasteiger charge is 2.59. The summed E-state index contributed by atoms with van der Waals surface area (Å²) in [5, 5.41) is 6.04. The van der Waals surface area contributed by atoms with Crippen LogP contribution < -0.4 is 37.1 Å². The first-order valence-electron chi connectivity index (χ1n) is 26.8. The van der Waals surface area contributed by atoms with Crippen LogP contribution in [0.3, 0.4) is 0 Å². The molecule has 1 aliphatic heterocycles. The second-order valence-corrected chi connectivity index (χ2v) is 26.9. The smallest absolute Gasteiger partial charge is 0.0680 e. The van der Waals surface area contributed by atoms with Gasteiger partial charge in [-0.25, -0.2) is 0 Å². The lowest BCUT2D eigenvalue weighted by Crippen LogP contribution is -2.72. The maximum absolute atomic E-state index is 2.60. The van der Waals surface area contributed by atoms with Crippen molar-refractivity contribution in [2.75, 3.05) is 0 Å². The lowest BCUT2D eigenvalue weighted by atomic mass is 9.34. The standard InChI is InChI=1S/C70H65BSi/c1-46-34-48(3)67(49(4)35-46)71(68-50(5)36-47(2)37-51(68)6)60-19-15-18-57(40-60)56-17-14-16-55(39-56)54-26-28-58(29-27-54)69-41-52-38-53(42-69)44-70(43-52,45-69)59-30-32-62(33-31-59)72(61-20-8-7-9-21-61)65-24-12-10-22-63(65)64-23-11-13-25-66(64)72/h7-37,39-40,52-53H,38,41-45H2,1-6H3. The highest BCUT2D eigenvalue weighted by molar-refractivity contribution is 7.22. The Hall–Kier alpha value is -6.74. The molecule has 0 N–H and O–H groups in total. The van der Waals surface area contributed by atoms with Crippen molar-refractivity contribution in [3.05, 3.63) is 245 Å². The van der Waals surface area contributed by atoms with Crippen molar-refractivity contribution in [2.24, 2.45) is 11.8 Å². The van der Waals surface area contributed by atoms with Gasteiger partial charge in [-0.3, -0.25) is 0 Å². The van der Waals surface area contributed by atoms with Gasteiger partial charge in [0.15, 0.2) is 8.07 Å². The van der Waals surface area contributed by atoms with E-state index in [1.165, 1.54) is 142 Å². The summed E-state index contributed by atoms with van der Waals surface area (Å²) in [6, 6.07) is 78.5. The van der Waals surface area contributed by atoms with Gasteiger partial charge in [-0.05, 0) is 174 Å². The van der Waals surface area contributed by atoms with E-state index in [4.69, 9.17) is 0 Å². The van der Waals surface area contributed by atoms with Gasteiger partial charge in [0.2, 0.25) is 6.71 Å². The third kappa shape index (κ3) is 7.15. The van der Waals surface area contributed by atoms with Crippen LogP contribution in [0.5, 0.6) is 0 Å². The minimum Gasteiger partial charge on any atom is -0.0680 e. The van der Waals surface area contributed by atoms with E-state index in [9.17, 15) is 0 Å². The van der Waals surface area contributed by atoms with Crippen molar-refractivity contribution in [2.45, 2.75) is 90.9 Å². The molecule has 0 spiro atoms. The Bertz CT molecular complexity index is 3400. The van der Waals surface area contributed by atoms with Crippen LogP contribution in [0, 0.1) is 53.4 Å². The van der Waals surface area contributed by atoms with Crippen LogP contribution in [0.2, 0.25) is 0 Å². The molecule has 5 aliphatic rings. The van der Waals surface area contributed by atoms with Crippen LogP contribution >= 0.6 is 0 Å². The molecule has 2 unspecified atom stereocenters. The van der Waals surface area contributed by atoms with Crippen molar-refractivity contribution >= 4 is 51.9 Å². The third-order valence-electron chi connectivity index (χ3n) is 18.5. The Labute approximate surface area is 430 Å². The number of hydrogen-bond acceptors (Lipinski definition) is 0. The molecule has 72 heavy (non-hydrogen) atoms. The van der Waals surface area contributed by atoms with E-state index in [0.29, 0.717) is 0 Å². The summed E-state index contributed by atoms with van der Waals surface area (Å²) in [5.41, 5.74) is 23.8. The maximum atomic E-state index is 2.60. The van der Waals surface area contributed by atoms with Crippen LogP contribution in [0.25, 0.3) is 33.4 Å². The van der Waals surface area contributed by atoms with Crippen LogP contribution in [0.1, 0.15) is 83.0 Å². The predicted octanol–water partition coefficient (Wildman–Crippen LogP) is 12.5. The molecule has 0 aromatic heterocycles. The lowest BCUT2D eigenvalue weighted by molar-refractivity contribution is -0.0281. The number of fused-ring (bicyclic) bond motifs is 3. The highest BCUT2D eigenvalue weighted by atomic mass is 28.3. The summed E-state index contributed by atoms with van der Waals surface area (Å²) >= 11 is 0. The Kier molecular flexibility index (Phi) is 10.8. The molecule has 4 aliphatic carbocycles. The van der Waals surface area contributed by atoms with Gasteiger partial charge in [0.1, 0.15) is 0 Å². The van der Waals surface area contributed by atoms with E-state index in [2.05, 4.69) is 242 Å². The van der Waals surface area contributed by atoms with Gasteiger partial charge in [-0.15, -0.1) is 0 Å². The summed E-state index contributed by atoms with van der Waals surface area (Å²) in [6.45, 7) is 13.8. The van der Waals surface area contributed by atoms with E-state index < -0.39 is 8.07 Å². The Morgan fingerprint density at radius 2 is 0.819 bits per heavy atom.